The number of rotatable bonds is 5. The number of H-pyrrole nitrogens is 1. The molecule has 0 amide bonds. The van der Waals surface area contributed by atoms with E-state index in [0.717, 1.165) is 73.8 Å². The van der Waals surface area contributed by atoms with Crippen LogP contribution in [-0.2, 0) is 16.1 Å². The molecule has 2 aliphatic heterocycles. The third-order valence-corrected chi connectivity index (χ3v) is 6.45. The number of hydrogen-bond acceptors (Lipinski definition) is 5. The van der Waals surface area contributed by atoms with Gasteiger partial charge in [0.25, 0.3) is 0 Å². The molecular formula is C24H28N4O3. The Hall–Kier alpha value is -2.90. The number of pyridine rings is 1. The van der Waals surface area contributed by atoms with E-state index in [4.69, 9.17) is 4.74 Å². The molecule has 0 spiro atoms. The zero-order chi connectivity index (χ0) is 21.2. The molecule has 4 heterocycles. The number of anilines is 1. The first-order valence-electron chi connectivity index (χ1n) is 11.0. The molecule has 0 radical (unpaired) electrons. The Morgan fingerprint density at radius 2 is 1.84 bits per heavy atom. The van der Waals surface area contributed by atoms with E-state index in [1.807, 2.05) is 12.3 Å². The zero-order valence-electron chi connectivity index (χ0n) is 17.6. The van der Waals surface area contributed by atoms with Crippen molar-refractivity contribution in [2.75, 3.05) is 44.3 Å². The number of aromatic amines is 1. The average Bonchev–Trinajstić information content (AvgIpc) is 3.22. The number of aromatic nitrogens is 2. The monoisotopic (exact) mass is 420 g/mol. The molecule has 0 atom stereocenters. The second-order valence-corrected chi connectivity index (χ2v) is 8.45. The fraction of sp³-hybridized carbons (Fsp3) is 0.417. The number of carbonyl (C=O) groups is 1. The van der Waals surface area contributed by atoms with Crippen LogP contribution in [0.2, 0.25) is 0 Å². The lowest BCUT2D eigenvalue weighted by Crippen LogP contribution is -2.36. The minimum Gasteiger partial charge on any atom is -0.481 e. The van der Waals surface area contributed by atoms with Gasteiger partial charge in [0, 0.05) is 66.8 Å². The molecule has 2 saturated heterocycles. The van der Waals surface area contributed by atoms with Crippen LogP contribution in [0.1, 0.15) is 18.5 Å². The fourth-order valence-corrected chi connectivity index (χ4v) is 4.64. The predicted molar refractivity (Wildman–Crippen MR) is 120 cm³/mol. The summed E-state index contributed by atoms with van der Waals surface area (Å²) in [4.78, 5) is 24.1. The van der Waals surface area contributed by atoms with Gasteiger partial charge in [-0.15, -0.1) is 0 Å². The van der Waals surface area contributed by atoms with Crippen molar-refractivity contribution >= 4 is 22.6 Å². The number of nitrogens with one attached hydrogen (secondary N) is 1. The van der Waals surface area contributed by atoms with Gasteiger partial charge in [0.2, 0.25) is 0 Å². The van der Waals surface area contributed by atoms with Crippen molar-refractivity contribution < 1.29 is 14.6 Å². The molecular weight excluding hydrogens is 392 g/mol. The van der Waals surface area contributed by atoms with Crippen molar-refractivity contribution in [3.8, 4) is 11.3 Å². The van der Waals surface area contributed by atoms with Gasteiger partial charge < -0.3 is 19.7 Å². The lowest BCUT2D eigenvalue weighted by Gasteiger charge is -2.32. The predicted octanol–water partition coefficient (Wildman–Crippen LogP) is 3.36. The summed E-state index contributed by atoms with van der Waals surface area (Å²) < 4.78 is 5.45. The van der Waals surface area contributed by atoms with Crippen molar-refractivity contribution in [3.63, 3.8) is 0 Å². The summed E-state index contributed by atoms with van der Waals surface area (Å²) >= 11 is 0. The maximum atomic E-state index is 11.2. The molecule has 3 aromatic rings. The van der Waals surface area contributed by atoms with Crippen molar-refractivity contribution in [2.24, 2.45) is 5.92 Å². The topological polar surface area (TPSA) is 81.7 Å². The summed E-state index contributed by atoms with van der Waals surface area (Å²) in [6.45, 7) is 5.99. The van der Waals surface area contributed by atoms with Crippen LogP contribution in [0.4, 0.5) is 5.69 Å². The van der Waals surface area contributed by atoms with Gasteiger partial charge in [0.15, 0.2) is 0 Å². The first-order chi connectivity index (χ1) is 15.2. The van der Waals surface area contributed by atoms with Gasteiger partial charge in [-0.25, -0.2) is 0 Å². The van der Waals surface area contributed by atoms with Crippen LogP contribution in [0.3, 0.4) is 0 Å². The molecule has 2 fully saturated rings. The van der Waals surface area contributed by atoms with E-state index < -0.39 is 5.97 Å². The van der Waals surface area contributed by atoms with Crippen LogP contribution in [0, 0.1) is 5.92 Å². The van der Waals surface area contributed by atoms with Gasteiger partial charge in [-0.1, -0.05) is 12.1 Å². The molecule has 0 bridgehead atoms. The highest BCUT2D eigenvalue weighted by Gasteiger charge is 2.24. The van der Waals surface area contributed by atoms with Crippen molar-refractivity contribution in [1.82, 2.24) is 14.9 Å². The van der Waals surface area contributed by atoms with Gasteiger partial charge in [-0.2, -0.15) is 0 Å². The number of morpholine rings is 1. The van der Waals surface area contributed by atoms with Gasteiger partial charge in [-0.3, -0.25) is 14.7 Å². The molecule has 0 unspecified atom stereocenters. The molecule has 162 valence electrons. The summed E-state index contributed by atoms with van der Waals surface area (Å²) in [5.41, 5.74) is 5.52. The largest absolute Gasteiger partial charge is 0.481 e. The van der Waals surface area contributed by atoms with Gasteiger partial charge >= 0.3 is 5.97 Å². The van der Waals surface area contributed by atoms with Crippen molar-refractivity contribution in [3.05, 3.63) is 48.3 Å². The Labute approximate surface area is 181 Å². The smallest absolute Gasteiger partial charge is 0.306 e. The van der Waals surface area contributed by atoms with E-state index in [1.165, 1.54) is 5.69 Å². The average molecular weight is 421 g/mol. The quantitative estimate of drug-likeness (QED) is 0.659. The Morgan fingerprint density at radius 1 is 1.10 bits per heavy atom. The second kappa shape index (κ2) is 8.69. The summed E-state index contributed by atoms with van der Waals surface area (Å²) in [7, 11) is 0. The summed E-state index contributed by atoms with van der Waals surface area (Å²) in [5.74, 6) is -0.883. The van der Waals surface area contributed by atoms with Crippen LogP contribution in [0.5, 0.6) is 0 Å². The van der Waals surface area contributed by atoms with E-state index in [2.05, 4.69) is 50.1 Å². The first kappa shape index (κ1) is 20.0. The number of piperidine rings is 1. The Balaban J connectivity index is 1.34. The van der Waals surface area contributed by atoms with Gasteiger partial charge in [0.05, 0.1) is 24.8 Å². The van der Waals surface area contributed by atoms with Crippen LogP contribution < -0.4 is 4.90 Å². The van der Waals surface area contributed by atoms with Crippen molar-refractivity contribution in [2.45, 2.75) is 19.4 Å². The second-order valence-electron chi connectivity index (χ2n) is 8.45. The van der Waals surface area contributed by atoms with Gasteiger partial charge in [0.1, 0.15) is 0 Å². The highest BCUT2D eigenvalue weighted by atomic mass is 16.5. The van der Waals surface area contributed by atoms with Crippen LogP contribution in [-0.4, -0.2) is 65.3 Å². The minimum atomic E-state index is -0.673. The fourth-order valence-electron chi connectivity index (χ4n) is 4.64. The number of nitrogens with zero attached hydrogens (tertiary/aromatic N) is 3. The molecule has 7 heteroatoms. The zero-order valence-corrected chi connectivity index (χ0v) is 17.6. The molecule has 31 heavy (non-hydrogen) atoms. The Kier molecular flexibility index (Phi) is 5.61. The first-order valence-corrected chi connectivity index (χ1v) is 11.0. The lowest BCUT2D eigenvalue weighted by atomic mass is 9.96. The number of carboxylic acids is 1. The normalized spacial score (nSPS) is 18.5. The Morgan fingerprint density at radius 3 is 2.55 bits per heavy atom. The molecule has 0 saturated carbocycles. The van der Waals surface area contributed by atoms with Crippen LogP contribution in [0.25, 0.3) is 22.2 Å². The number of aliphatic carboxylic acids is 1. The highest BCUT2D eigenvalue weighted by molar-refractivity contribution is 5.93. The van der Waals surface area contributed by atoms with E-state index in [-0.39, 0.29) is 5.92 Å². The Bertz CT molecular complexity index is 1050. The summed E-state index contributed by atoms with van der Waals surface area (Å²) in [6.07, 6.45) is 3.26. The standard InChI is InChI=1S/C24H28N4O3/c29-24(30)18-6-9-28(10-7-18)20-3-1-17(2-4-20)23-21-15-19(26-22(21)5-8-25-23)16-27-11-13-31-14-12-27/h1-5,8,15,18,26H,6-7,9-14,16H2,(H,29,30). The number of fused-ring (bicyclic) bond motifs is 1. The maximum Gasteiger partial charge on any atom is 0.306 e. The van der Waals surface area contributed by atoms with E-state index in [0.29, 0.717) is 12.8 Å². The van der Waals surface area contributed by atoms with E-state index >= 15 is 0 Å². The van der Waals surface area contributed by atoms with E-state index in [9.17, 15) is 9.90 Å². The third-order valence-electron chi connectivity index (χ3n) is 6.45. The summed E-state index contributed by atoms with van der Waals surface area (Å²) in [6, 6.07) is 12.7. The summed E-state index contributed by atoms with van der Waals surface area (Å²) in [5, 5.41) is 10.3. The third kappa shape index (κ3) is 4.29. The molecule has 2 N–H and O–H groups in total. The maximum absolute atomic E-state index is 11.2. The SMILES string of the molecule is O=C(O)C1CCN(c2ccc(-c3nccc4[nH]c(CN5CCOCC5)cc34)cc2)CC1. The van der Waals surface area contributed by atoms with Crippen molar-refractivity contribution in [1.29, 1.82) is 0 Å². The highest BCUT2D eigenvalue weighted by Crippen LogP contribution is 2.30. The number of hydrogen-bond donors (Lipinski definition) is 2. The molecule has 2 aliphatic rings. The number of benzene rings is 1. The lowest BCUT2D eigenvalue weighted by molar-refractivity contribution is -0.142. The molecule has 7 nitrogen and oxygen atoms in total. The molecule has 2 aromatic heterocycles. The van der Waals surface area contributed by atoms with Gasteiger partial charge in [-0.05, 0) is 37.1 Å². The van der Waals surface area contributed by atoms with Crippen LogP contribution in [0.15, 0.2) is 42.6 Å². The molecule has 5 rings (SSSR count). The molecule has 1 aromatic carbocycles. The minimum absolute atomic E-state index is 0.211. The number of carboxylic acid groups (broad SMARTS) is 1. The van der Waals surface area contributed by atoms with Crippen LogP contribution >= 0.6 is 0 Å². The van der Waals surface area contributed by atoms with E-state index in [1.54, 1.807) is 0 Å². The number of ether oxygens (including phenoxy) is 1. The molecule has 0 aliphatic carbocycles.